The third kappa shape index (κ3) is 2.17. The first-order chi connectivity index (χ1) is 9.29. The number of hydrogen-bond donors (Lipinski definition) is 2. The maximum Gasteiger partial charge on any atom is 0.129 e. The summed E-state index contributed by atoms with van der Waals surface area (Å²) in [6, 6.07) is 14.1. The van der Waals surface area contributed by atoms with Gasteiger partial charge in [0.15, 0.2) is 0 Å². The van der Waals surface area contributed by atoms with Crippen molar-refractivity contribution in [3.63, 3.8) is 0 Å². The van der Waals surface area contributed by atoms with Crippen molar-refractivity contribution in [2.45, 2.75) is 19.4 Å². The molecule has 2 aromatic carbocycles. The fraction of sp³-hybridized carbons (Fsp3) is 0.250. The highest BCUT2D eigenvalue weighted by atomic mass is 16.5. The first-order valence-corrected chi connectivity index (χ1v) is 6.60. The molecule has 1 heterocycles. The van der Waals surface area contributed by atoms with Crippen molar-refractivity contribution in [3.05, 3.63) is 42.5 Å². The molecule has 0 spiro atoms. The first-order valence-electron chi connectivity index (χ1n) is 6.60. The lowest BCUT2D eigenvalue weighted by Crippen LogP contribution is -2.16. The van der Waals surface area contributed by atoms with Crippen LogP contribution < -0.4 is 4.74 Å². The molecule has 0 unspecified atom stereocenters. The Morgan fingerprint density at radius 3 is 2.74 bits per heavy atom. The van der Waals surface area contributed by atoms with Gasteiger partial charge in [0.05, 0.1) is 11.6 Å². The van der Waals surface area contributed by atoms with Gasteiger partial charge >= 0.3 is 0 Å². The molecule has 0 aliphatic rings. The minimum absolute atomic E-state index is 0.328. The number of aliphatic hydroxyl groups is 1. The van der Waals surface area contributed by atoms with Crippen molar-refractivity contribution in [2.24, 2.45) is 0 Å². The van der Waals surface area contributed by atoms with E-state index in [1.165, 1.54) is 0 Å². The quantitative estimate of drug-likeness (QED) is 0.749. The van der Waals surface area contributed by atoms with Crippen molar-refractivity contribution >= 4 is 21.8 Å². The third-order valence-electron chi connectivity index (χ3n) is 3.39. The Bertz CT molecular complexity index is 702. The van der Waals surface area contributed by atoms with Gasteiger partial charge in [0.25, 0.3) is 0 Å². The number of para-hydroxylation sites is 1. The lowest BCUT2D eigenvalue weighted by molar-refractivity contribution is 0.105. The van der Waals surface area contributed by atoms with Crippen LogP contribution in [0.25, 0.3) is 21.8 Å². The van der Waals surface area contributed by atoms with Crippen LogP contribution in [-0.4, -0.2) is 22.8 Å². The monoisotopic (exact) mass is 255 g/mol. The smallest absolute Gasteiger partial charge is 0.129 e. The molecule has 0 saturated carbocycles. The van der Waals surface area contributed by atoms with Gasteiger partial charge in [-0.1, -0.05) is 31.2 Å². The third-order valence-corrected chi connectivity index (χ3v) is 3.39. The predicted octanol–water partition coefficient (Wildman–Crippen LogP) is 3.47. The van der Waals surface area contributed by atoms with Crippen LogP contribution in [0.3, 0.4) is 0 Å². The van der Waals surface area contributed by atoms with Gasteiger partial charge in [-0.15, -0.1) is 0 Å². The zero-order chi connectivity index (χ0) is 13.2. The van der Waals surface area contributed by atoms with E-state index in [2.05, 4.69) is 17.1 Å². The Hall–Kier alpha value is -2.00. The van der Waals surface area contributed by atoms with E-state index in [1.807, 2.05) is 37.3 Å². The zero-order valence-corrected chi connectivity index (χ0v) is 10.9. The number of hydrogen-bond acceptors (Lipinski definition) is 2. The van der Waals surface area contributed by atoms with Crippen LogP contribution in [0.4, 0.5) is 0 Å². The van der Waals surface area contributed by atoms with E-state index in [0.29, 0.717) is 13.0 Å². The molecule has 0 saturated heterocycles. The van der Waals surface area contributed by atoms with Gasteiger partial charge in [-0.3, -0.25) is 0 Å². The summed E-state index contributed by atoms with van der Waals surface area (Å²) in [7, 11) is 0. The van der Waals surface area contributed by atoms with Crippen LogP contribution in [0.1, 0.15) is 13.3 Å². The van der Waals surface area contributed by atoms with Gasteiger partial charge in [-0.25, -0.2) is 0 Å². The minimum atomic E-state index is -0.416. The molecule has 0 radical (unpaired) electrons. The number of aromatic amines is 1. The molecule has 1 aromatic heterocycles. The second kappa shape index (κ2) is 4.94. The topological polar surface area (TPSA) is 45.2 Å². The SMILES string of the molecule is CC[C@H](O)COc1cccc2[nH]c3ccccc3c12. The zero-order valence-electron chi connectivity index (χ0n) is 10.9. The maximum absolute atomic E-state index is 9.62. The van der Waals surface area contributed by atoms with Gasteiger partial charge in [-0.05, 0) is 24.6 Å². The van der Waals surface area contributed by atoms with E-state index in [0.717, 1.165) is 27.6 Å². The number of fused-ring (bicyclic) bond motifs is 3. The highest BCUT2D eigenvalue weighted by Crippen LogP contribution is 2.32. The standard InChI is InChI=1S/C16H17NO2/c1-2-11(18)10-19-15-9-5-8-14-16(15)12-6-3-4-7-13(12)17-14/h3-9,11,17-18H,2,10H2,1H3/t11-/m0/s1. The second-order valence-corrected chi connectivity index (χ2v) is 4.72. The summed E-state index contributed by atoms with van der Waals surface area (Å²) in [6.07, 6.45) is 0.282. The lowest BCUT2D eigenvalue weighted by atomic mass is 10.1. The Morgan fingerprint density at radius 2 is 1.89 bits per heavy atom. The van der Waals surface area contributed by atoms with Crippen molar-refractivity contribution in [1.82, 2.24) is 4.98 Å². The van der Waals surface area contributed by atoms with Crippen molar-refractivity contribution < 1.29 is 9.84 Å². The fourth-order valence-corrected chi connectivity index (χ4v) is 2.29. The van der Waals surface area contributed by atoms with Gasteiger partial charge in [0, 0.05) is 16.3 Å². The number of rotatable bonds is 4. The van der Waals surface area contributed by atoms with E-state index in [-0.39, 0.29) is 0 Å². The van der Waals surface area contributed by atoms with E-state index in [4.69, 9.17) is 4.74 Å². The average molecular weight is 255 g/mol. The van der Waals surface area contributed by atoms with Crippen LogP contribution in [0, 0.1) is 0 Å². The molecule has 1 atom stereocenters. The van der Waals surface area contributed by atoms with E-state index in [9.17, 15) is 5.11 Å². The number of nitrogens with one attached hydrogen (secondary N) is 1. The molecular formula is C16H17NO2. The fourth-order valence-electron chi connectivity index (χ4n) is 2.29. The van der Waals surface area contributed by atoms with Crippen LogP contribution in [0.15, 0.2) is 42.5 Å². The maximum atomic E-state index is 9.62. The number of ether oxygens (including phenoxy) is 1. The molecule has 19 heavy (non-hydrogen) atoms. The largest absolute Gasteiger partial charge is 0.490 e. The highest BCUT2D eigenvalue weighted by molar-refractivity contribution is 6.10. The molecule has 3 aromatic rings. The molecule has 3 rings (SSSR count). The predicted molar refractivity (Wildman–Crippen MR) is 77.6 cm³/mol. The Balaban J connectivity index is 2.08. The van der Waals surface area contributed by atoms with Crippen molar-refractivity contribution in [3.8, 4) is 5.75 Å². The molecule has 2 N–H and O–H groups in total. The molecular weight excluding hydrogens is 238 g/mol. The lowest BCUT2D eigenvalue weighted by Gasteiger charge is -2.11. The molecule has 0 amide bonds. The van der Waals surface area contributed by atoms with Gasteiger partial charge < -0.3 is 14.8 Å². The summed E-state index contributed by atoms with van der Waals surface area (Å²) in [5.74, 6) is 0.822. The number of H-pyrrole nitrogens is 1. The highest BCUT2D eigenvalue weighted by Gasteiger charge is 2.10. The summed E-state index contributed by atoms with van der Waals surface area (Å²) < 4.78 is 5.77. The van der Waals surface area contributed by atoms with Crippen LogP contribution in [-0.2, 0) is 0 Å². The minimum Gasteiger partial charge on any atom is -0.490 e. The molecule has 0 aliphatic carbocycles. The molecule has 3 nitrogen and oxygen atoms in total. The summed E-state index contributed by atoms with van der Waals surface area (Å²) in [4.78, 5) is 3.38. The molecule has 0 aliphatic heterocycles. The number of benzene rings is 2. The molecule has 98 valence electrons. The molecule has 0 bridgehead atoms. The van der Waals surface area contributed by atoms with Crippen molar-refractivity contribution in [2.75, 3.05) is 6.61 Å². The Morgan fingerprint density at radius 1 is 1.11 bits per heavy atom. The summed E-state index contributed by atoms with van der Waals surface area (Å²) in [5, 5.41) is 11.9. The second-order valence-electron chi connectivity index (χ2n) is 4.72. The summed E-state index contributed by atoms with van der Waals surface area (Å²) in [6.45, 7) is 2.27. The first kappa shape index (κ1) is 12.1. The van der Waals surface area contributed by atoms with Crippen LogP contribution >= 0.6 is 0 Å². The van der Waals surface area contributed by atoms with E-state index >= 15 is 0 Å². The Kier molecular flexibility index (Phi) is 3.13. The van der Waals surface area contributed by atoms with Gasteiger partial charge in [0.2, 0.25) is 0 Å². The van der Waals surface area contributed by atoms with Crippen LogP contribution in [0.2, 0.25) is 0 Å². The van der Waals surface area contributed by atoms with Crippen LogP contribution in [0.5, 0.6) is 5.75 Å². The number of aromatic nitrogens is 1. The normalized spacial score (nSPS) is 12.9. The Labute approximate surface area is 111 Å². The van der Waals surface area contributed by atoms with Gasteiger partial charge in [0.1, 0.15) is 12.4 Å². The summed E-state index contributed by atoms with van der Waals surface area (Å²) in [5.41, 5.74) is 2.16. The van der Waals surface area contributed by atoms with Crippen molar-refractivity contribution in [1.29, 1.82) is 0 Å². The molecule has 3 heteroatoms. The summed E-state index contributed by atoms with van der Waals surface area (Å²) >= 11 is 0. The van der Waals surface area contributed by atoms with E-state index < -0.39 is 6.10 Å². The average Bonchev–Trinajstić information content (AvgIpc) is 2.83. The molecule has 0 fully saturated rings. The number of aliphatic hydroxyl groups excluding tert-OH is 1. The van der Waals surface area contributed by atoms with E-state index in [1.54, 1.807) is 0 Å². The van der Waals surface area contributed by atoms with Gasteiger partial charge in [-0.2, -0.15) is 0 Å².